The summed E-state index contributed by atoms with van der Waals surface area (Å²) in [7, 11) is 0. The minimum Gasteiger partial charge on any atom is -0.347 e. The average molecular weight is 345 g/mol. The Bertz CT molecular complexity index is 779. The van der Waals surface area contributed by atoms with Gasteiger partial charge < -0.3 is 14.8 Å². The first-order valence-electron chi connectivity index (χ1n) is 8.32. The number of carbonyl (C=O) groups excluding carboxylic acids is 2. The zero-order valence-electron chi connectivity index (χ0n) is 14.8. The van der Waals surface area contributed by atoms with E-state index in [1.807, 2.05) is 24.7 Å². The maximum absolute atomic E-state index is 12.5. The van der Waals surface area contributed by atoms with Gasteiger partial charge in [0.05, 0.1) is 13.1 Å². The number of hydrogen-bond donors (Lipinski definition) is 1. The maximum atomic E-state index is 12.5. The van der Waals surface area contributed by atoms with Crippen molar-refractivity contribution in [3.05, 3.63) is 29.9 Å². The normalized spacial score (nSPS) is 17.1. The fourth-order valence-electron chi connectivity index (χ4n) is 3.14. The van der Waals surface area contributed by atoms with Crippen LogP contribution in [-0.4, -0.2) is 54.1 Å². The van der Waals surface area contributed by atoms with Gasteiger partial charge in [0, 0.05) is 44.9 Å². The quantitative estimate of drug-likeness (QED) is 0.833. The number of imidazole rings is 1. The van der Waals surface area contributed by atoms with Crippen LogP contribution < -0.4 is 5.32 Å². The predicted molar refractivity (Wildman–Crippen MR) is 89.3 cm³/mol. The van der Waals surface area contributed by atoms with E-state index in [-0.39, 0.29) is 24.3 Å². The van der Waals surface area contributed by atoms with Gasteiger partial charge in [0.1, 0.15) is 17.5 Å². The summed E-state index contributed by atoms with van der Waals surface area (Å²) in [6.45, 7) is 7.67. The lowest BCUT2D eigenvalue weighted by Gasteiger charge is -2.24. The van der Waals surface area contributed by atoms with E-state index < -0.39 is 0 Å². The summed E-state index contributed by atoms with van der Waals surface area (Å²) in [6, 6.07) is 0. The molecule has 3 heterocycles. The Morgan fingerprint density at radius 2 is 2.12 bits per heavy atom. The number of aromatic nitrogens is 5. The Kier molecular flexibility index (Phi) is 4.82. The standard InChI is InChI=1S/C16H23N7O2/c1-11-19-12(2)23(20-11)9-14-7-21-5-4-17-15(21)10-22(8-14)16(25)6-18-13(3)24/h4-5,14H,6-10H2,1-3H3,(H,18,24)/t14-/m0/s1. The fourth-order valence-corrected chi connectivity index (χ4v) is 3.14. The molecule has 1 aliphatic rings. The third-order valence-electron chi connectivity index (χ3n) is 4.30. The summed E-state index contributed by atoms with van der Waals surface area (Å²) in [5.41, 5.74) is 0. The molecule has 0 spiro atoms. The van der Waals surface area contributed by atoms with Crippen molar-refractivity contribution in [2.45, 2.75) is 40.4 Å². The summed E-state index contributed by atoms with van der Waals surface area (Å²) in [5, 5.41) is 7.00. The van der Waals surface area contributed by atoms with Gasteiger partial charge in [-0.15, -0.1) is 0 Å². The van der Waals surface area contributed by atoms with Crippen molar-refractivity contribution in [2.75, 3.05) is 13.1 Å². The molecule has 2 aromatic rings. The van der Waals surface area contributed by atoms with Gasteiger partial charge in [-0.1, -0.05) is 0 Å². The molecule has 0 aliphatic carbocycles. The Morgan fingerprint density at radius 3 is 2.80 bits per heavy atom. The Balaban J connectivity index is 1.77. The minimum absolute atomic E-state index is 0.00419. The van der Waals surface area contributed by atoms with E-state index in [1.165, 1.54) is 6.92 Å². The van der Waals surface area contributed by atoms with Gasteiger partial charge >= 0.3 is 0 Å². The highest BCUT2D eigenvalue weighted by Crippen LogP contribution is 2.17. The van der Waals surface area contributed by atoms with E-state index in [9.17, 15) is 9.59 Å². The number of aryl methyl sites for hydroxylation is 2. The zero-order valence-corrected chi connectivity index (χ0v) is 14.8. The number of fused-ring (bicyclic) bond motifs is 1. The molecule has 1 N–H and O–H groups in total. The van der Waals surface area contributed by atoms with Crippen LogP contribution >= 0.6 is 0 Å². The van der Waals surface area contributed by atoms with Gasteiger partial charge in [-0.25, -0.2) is 14.6 Å². The lowest BCUT2D eigenvalue weighted by Crippen LogP contribution is -2.41. The van der Waals surface area contributed by atoms with E-state index in [0.29, 0.717) is 19.6 Å². The van der Waals surface area contributed by atoms with Gasteiger partial charge in [0.15, 0.2) is 0 Å². The highest BCUT2D eigenvalue weighted by atomic mass is 16.2. The van der Waals surface area contributed by atoms with Crippen LogP contribution in [0.15, 0.2) is 12.4 Å². The molecule has 0 aromatic carbocycles. The number of hydrogen-bond acceptors (Lipinski definition) is 5. The van der Waals surface area contributed by atoms with Crippen LogP contribution in [0.2, 0.25) is 0 Å². The first kappa shape index (κ1) is 17.1. The van der Waals surface area contributed by atoms with Crippen molar-refractivity contribution in [3.63, 3.8) is 0 Å². The van der Waals surface area contributed by atoms with Crippen LogP contribution in [0.3, 0.4) is 0 Å². The molecule has 0 radical (unpaired) electrons. The smallest absolute Gasteiger partial charge is 0.242 e. The SMILES string of the molecule is CC(=O)NCC(=O)N1Cc2nccn2C[C@H](Cn2nc(C)nc2C)C1. The summed E-state index contributed by atoms with van der Waals surface area (Å²) >= 11 is 0. The van der Waals surface area contributed by atoms with Crippen molar-refractivity contribution in [2.24, 2.45) is 5.92 Å². The monoisotopic (exact) mass is 345 g/mol. The molecule has 9 heteroatoms. The van der Waals surface area contributed by atoms with Gasteiger partial charge in [-0.2, -0.15) is 5.10 Å². The van der Waals surface area contributed by atoms with Crippen LogP contribution in [0.25, 0.3) is 0 Å². The van der Waals surface area contributed by atoms with E-state index in [4.69, 9.17) is 0 Å². The maximum Gasteiger partial charge on any atom is 0.242 e. The average Bonchev–Trinajstić information content (AvgIpc) is 3.05. The largest absolute Gasteiger partial charge is 0.347 e. The second-order valence-corrected chi connectivity index (χ2v) is 6.43. The third kappa shape index (κ3) is 4.04. The molecular weight excluding hydrogens is 322 g/mol. The molecule has 0 unspecified atom stereocenters. The second kappa shape index (κ2) is 7.04. The lowest BCUT2D eigenvalue weighted by molar-refractivity contribution is -0.133. The molecule has 2 amide bonds. The zero-order chi connectivity index (χ0) is 18.0. The Labute approximate surface area is 146 Å². The minimum atomic E-state index is -0.213. The molecule has 1 aliphatic heterocycles. The highest BCUT2D eigenvalue weighted by Gasteiger charge is 2.26. The van der Waals surface area contributed by atoms with Gasteiger partial charge in [0.25, 0.3) is 0 Å². The van der Waals surface area contributed by atoms with Gasteiger partial charge in [0.2, 0.25) is 11.8 Å². The number of amides is 2. The molecule has 25 heavy (non-hydrogen) atoms. The molecular formula is C16H23N7O2. The van der Waals surface area contributed by atoms with Crippen molar-refractivity contribution in [1.29, 1.82) is 0 Å². The Morgan fingerprint density at radius 1 is 1.32 bits per heavy atom. The van der Waals surface area contributed by atoms with Crippen LogP contribution in [0.4, 0.5) is 0 Å². The molecule has 1 atom stereocenters. The van der Waals surface area contributed by atoms with E-state index >= 15 is 0 Å². The summed E-state index contributed by atoms with van der Waals surface area (Å²) < 4.78 is 3.97. The molecule has 0 bridgehead atoms. The molecule has 0 saturated carbocycles. The van der Waals surface area contributed by atoms with Crippen molar-refractivity contribution < 1.29 is 9.59 Å². The van der Waals surface area contributed by atoms with Crippen molar-refractivity contribution in [3.8, 4) is 0 Å². The summed E-state index contributed by atoms with van der Waals surface area (Å²) in [4.78, 5) is 34.0. The number of nitrogens with zero attached hydrogens (tertiary/aromatic N) is 6. The summed E-state index contributed by atoms with van der Waals surface area (Å²) in [6.07, 6.45) is 3.68. The fraction of sp³-hybridized carbons (Fsp3) is 0.562. The highest BCUT2D eigenvalue weighted by molar-refractivity contribution is 5.83. The topological polar surface area (TPSA) is 97.9 Å². The molecule has 9 nitrogen and oxygen atoms in total. The molecule has 0 saturated heterocycles. The molecule has 0 fully saturated rings. The van der Waals surface area contributed by atoms with Crippen molar-refractivity contribution >= 4 is 11.8 Å². The first-order chi connectivity index (χ1) is 11.9. The van der Waals surface area contributed by atoms with E-state index in [1.54, 1.807) is 11.1 Å². The second-order valence-electron chi connectivity index (χ2n) is 6.43. The first-order valence-corrected chi connectivity index (χ1v) is 8.32. The predicted octanol–water partition coefficient (Wildman–Crippen LogP) is -0.114. The number of nitrogens with one attached hydrogen (secondary N) is 1. The third-order valence-corrected chi connectivity index (χ3v) is 4.30. The van der Waals surface area contributed by atoms with Crippen LogP contribution in [0, 0.1) is 19.8 Å². The Hall–Kier alpha value is -2.71. The van der Waals surface area contributed by atoms with Crippen molar-refractivity contribution in [1.82, 2.24) is 34.5 Å². The molecule has 3 rings (SSSR count). The van der Waals surface area contributed by atoms with Crippen LogP contribution in [0.1, 0.15) is 24.4 Å². The molecule has 134 valence electrons. The van der Waals surface area contributed by atoms with Crippen LogP contribution in [0.5, 0.6) is 0 Å². The van der Waals surface area contributed by atoms with Crippen LogP contribution in [-0.2, 0) is 29.2 Å². The summed E-state index contributed by atoms with van der Waals surface area (Å²) in [5.74, 6) is 2.32. The van der Waals surface area contributed by atoms with E-state index in [0.717, 1.165) is 24.0 Å². The lowest BCUT2D eigenvalue weighted by atomic mass is 10.1. The van der Waals surface area contributed by atoms with E-state index in [2.05, 4.69) is 25.0 Å². The van der Waals surface area contributed by atoms with Gasteiger partial charge in [-0.3, -0.25) is 9.59 Å². The molecule has 2 aromatic heterocycles. The number of rotatable bonds is 4. The van der Waals surface area contributed by atoms with Gasteiger partial charge in [-0.05, 0) is 13.8 Å². The number of carbonyl (C=O) groups is 2.